The van der Waals surface area contributed by atoms with Crippen LogP contribution in [0.25, 0.3) is 0 Å². The molecule has 0 saturated heterocycles. The summed E-state index contributed by atoms with van der Waals surface area (Å²) in [6.45, 7) is 1.59. The molecule has 1 aliphatic carbocycles. The molecule has 86 valence electrons. The Hall–Kier alpha value is -0.870. The Morgan fingerprint density at radius 1 is 1.56 bits per heavy atom. The van der Waals surface area contributed by atoms with E-state index in [2.05, 4.69) is 33.4 Å². The maximum Gasteiger partial charge on any atom is 0.306 e. The zero-order chi connectivity index (χ0) is 11.5. The van der Waals surface area contributed by atoms with Crippen LogP contribution in [0.5, 0.6) is 0 Å². The molecule has 0 aliphatic heterocycles. The highest BCUT2D eigenvalue weighted by Gasteiger charge is 2.42. The van der Waals surface area contributed by atoms with Gasteiger partial charge in [0.1, 0.15) is 0 Å². The maximum atomic E-state index is 10.6. The number of nitrogens with one attached hydrogen (secondary N) is 1. The molecular formula is C12H14BrNO2. The maximum absolute atomic E-state index is 10.6. The Morgan fingerprint density at radius 3 is 3.00 bits per heavy atom. The van der Waals surface area contributed by atoms with Gasteiger partial charge >= 0.3 is 5.97 Å². The second kappa shape index (κ2) is 4.97. The lowest BCUT2D eigenvalue weighted by Gasteiger charge is -2.04. The first-order valence-electron chi connectivity index (χ1n) is 5.35. The van der Waals surface area contributed by atoms with Crippen LogP contribution in [0.1, 0.15) is 12.0 Å². The molecule has 0 heterocycles. The third-order valence-electron chi connectivity index (χ3n) is 2.86. The summed E-state index contributed by atoms with van der Waals surface area (Å²) in [5.41, 5.74) is 1.21. The summed E-state index contributed by atoms with van der Waals surface area (Å²) in [5, 5.41) is 12.0. The van der Waals surface area contributed by atoms with Gasteiger partial charge < -0.3 is 10.4 Å². The molecule has 1 aromatic carbocycles. The van der Waals surface area contributed by atoms with E-state index in [0.717, 1.165) is 24.0 Å². The topological polar surface area (TPSA) is 49.3 Å². The summed E-state index contributed by atoms with van der Waals surface area (Å²) in [7, 11) is 0. The molecule has 0 spiro atoms. The zero-order valence-electron chi connectivity index (χ0n) is 8.82. The molecule has 1 fully saturated rings. The first-order valence-corrected chi connectivity index (χ1v) is 6.14. The molecule has 0 radical (unpaired) electrons. The van der Waals surface area contributed by atoms with Gasteiger partial charge in [-0.05, 0) is 36.6 Å². The summed E-state index contributed by atoms with van der Waals surface area (Å²) < 4.78 is 1.07. The number of carbonyl (C=O) groups is 1. The number of rotatable bonds is 5. The number of benzene rings is 1. The molecule has 2 atom stereocenters. The molecule has 1 aromatic rings. The lowest BCUT2D eigenvalue weighted by molar-refractivity contribution is -0.138. The number of carboxylic acids is 1. The summed E-state index contributed by atoms with van der Waals surface area (Å²) in [6, 6.07) is 8.11. The van der Waals surface area contributed by atoms with E-state index in [0.29, 0.717) is 5.92 Å². The highest BCUT2D eigenvalue weighted by atomic mass is 79.9. The van der Waals surface area contributed by atoms with Crippen LogP contribution < -0.4 is 5.32 Å². The number of carboxylic acid groups (broad SMARTS) is 1. The van der Waals surface area contributed by atoms with Crippen LogP contribution in [0, 0.1) is 11.8 Å². The van der Waals surface area contributed by atoms with Crippen LogP contribution in [-0.2, 0) is 11.3 Å². The quantitative estimate of drug-likeness (QED) is 0.872. The predicted molar refractivity (Wildman–Crippen MR) is 65.1 cm³/mol. The van der Waals surface area contributed by atoms with Crippen molar-refractivity contribution < 1.29 is 9.90 Å². The number of aliphatic carboxylic acids is 1. The molecule has 0 amide bonds. The van der Waals surface area contributed by atoms with Crippen LogP contribution in [-0.4, -0.2) is 17.6 Å². The second-order valence-electron chi connectivity index (χ2n) is 4.20. The molecule has 0 bridgehead atoms. The summed E-state index contributed by atoms with van der Waals surface area (Å²) in [6.07, 6.45) is 0.820. The molecule has 2 unspecified atom stereocenters. The van der Waals surface area contributed by atoms with Gasteiger partial charge in [-0.15, -0.1) is 0 Å². The second-order valence-corrected chi connectivity index (χ2v) is 5.12. The van der Waals surface area contributed by atoms with Crippen molar-refractivity contribution in [2.24, 2.45) is 11.8 Å². The van der Waals surface area contributed by atoms with Crippen molar-refractivity contribution in [2.75, 3.05) is 6.54 Å². The van der Waals surface area contributed by atoms with Gasteiger partial charge in [-0.25, -0.2) is 0 Å². The smallest absolute Gasteiger partial charge is 0.306 e. The summed E-state index contributed by atoms with van der Waals surface area (Å²) in [5.74, 6) is -0.450. The number of hydrogen-bond donors (Lipinski definition) is 2. The molecule has 1 aliphatic rings. The van der Waals surface area contributed by atoms with Crippen LogP contribution in [0.2, 0.25) is 0 Å². The van der Waals surface area contributed by atoms with Gasteiger partial charge in [-0.3, -0.25) is 4.79 Å². The van der Waals surface area contributed by atoms with E-state index in [4.69, 9.17) is 5.11 Å². The largest absolute Gasteiger partial charge is 0.481 e. The Morgan fingerprint density at radius 2 is 2.38 bits per heavy atom. The van der Waals surface area contributed by atoms with Gasteiger partial charge in [0, 0.05) is 11.0 Å². The van der Waals surface area contributed by atoms with Crippen molar-refractivity contribution in [3.05, 3.63) is 34.3 Å². The lowest BCUT2D eigenvalue weighted by Crippen LogP contribution is -2.18. The molecule has 0 aromatic heterocycles. The van der Waals surface area contributed by atoms with E-state index in [1.165, 1.54) is 5.56 Å². The standard InChI is InChI=1S/C12H14BrNO2/c13-10-3-1-2-8(4-10)6-14-7-9-5-11(9)12(15)16/h1-4,9,11,14H,5-7H2,(H,15,16). The van der Waals surface area contributed by atoms with Crippen LogP contribution >= 0.6 is 15.9 Å². The predicted octanol–water partition coefficient (Wildman–Crippen LogP) is 2.26. The molecule has 16 heavy (non-hydrogen) atoms. The third-order valence-corrected chi connectivity index (χ3v) is 3.36. The van der Waals surface area contributed by atoms with Crippen molar-refractivity contribution >= 4 is 21.9 Å². The highest BCUT2D eigenvalue weighted by Crippen LogP contribution is 2.37. The number of halogens is 1. The van der Waals surface area contributed by atoms with Crippen molar-refractivity contribution in [3.63, 3.8) is 0 Å². The lowest BCUT2D eigenvalue weighted by atomic mass is 10.2. The van der Waals surface area contributed by atoms with Gasteiger partial charge in [0.25, 0.3) is 0 Å². The minimum Gasteiger partial charge on any atom is -0.481 e. The van der Waals surface area contributed by atoms with Crippen molar-refractivity contribution in [1.82, 2.24) is 5.32 Å². The Balaban J connectivity index is 1.71. The van der Waals surface area contributed by atoms with E-state index in [9.17, 15) is 4.79 Å². The molecule has 4 heteroatoms. The first kappa shape index (κ1) is 11.6. The van der Waals surface area contributed by atoms with E-state index in [1.54, 1.807) is 0 Å². The molecular weight excluding hydrogens is 270 g/mol. The van der Waals surface area contributed by atoms with E-state index >= 15 is 0 Å². The van der Waals surface area contributed by atoms with Gasteiger partial charge in [0.2, 0.25) is 0 Å². The van der Waals surface area contributed by atoms with Gasteiger partial charge in [0.05, 0.1) is 5.92 Å². The number of hydrogen-bond acceptors (Lipinski definition) is 2. The zero-order valence-corrected chi connectivity index (χ0v) is 10.4. The monoisotopic (exact) mass is 283 g/mol. The molecule has 3 nitrogen and oxygen atoms in total. The van der Waals surface area contributed by atoms with E-state index in [-0.39, 0.29) is 5.92 Å². The van der Waals surface area contributed by atoms with Gasteiger partial charge in [0.15, 0.2) is 0 Å². The fourth-order valence-electron chi connectivity index (χ4n) is 1.82. The van der Waals surface area contributed by atoms with E-state index in [1.807, 2.05) is 12.1 Å². The normalized spacial score (nSPS) is 23.1. The fraction of sp³-hybridized carbons (Fsp3) is 0.417. The summed E-state index contributed by atoms with van der Waals surface area (Å²) in [4.78, 5) is 10.6. The van der Waals surface area contributed by atoms with Gasteiger partial charge in [-0.2, -0.15) is 0 Å². The van der Waals surface area contributed by atoms with Crippen molar-refractivity contribution in [2.45, 2.75) is 13.0 Å². The van der Waals surface area contributed by atoms with Crippen LogP contribution in [0.15, 0.2) is 28.7 Å². The van der Waals surface area contributed by atoms with Crippen LogP contribution in [0.4, 0.5) is 0 Å². The van der Waals surface area contributed by atoms with E-state index < -0.39 is 5.97 Å². The SMILES string of the molecule is O=C(O)C1CC1CNCc1cccc(Br)c1. The first-order chi connectivity index (χ1) is 7.66. The Labute approximate surface area is 103 Å². The summed E-state index contributed by atoms with van der Waals surface area (Å²) >= 11 is 3.42. The van der Waals surface area contributed by atoms with Crippen molar-refractivity contribution in [3.8, 4) is 0 Å². The minimum atomic E-state index is -0.658. The average Bonchev–Trinajstić information content (AvgIpc) is 2.97. The van der Waals surface area contributed by atoms with Crippen molar-refractivity contribution in [1.29, 1.82) is 0 Å². The average molecular weight is 284 g/mol. The molecule has 1 saturated carbocycles. The van der Waals surface area contributed by atoms with Gasteiger partial charge in [-0.1, -0.05) is 28.1 Å². The minimum absolute atomic E-state index is 0.116. The highest BCUT2D eigenvalue weighted by molar-refractivity contribution is 9.10. The fourth-order valence-corrected chi connectivity index (χ4v) is 2.27. The molecule has 2 rings (SSSR count). The van der Waals surface area contributed by atoms with Crippen LogP contribution in [0.3, 0.4) is 0 Å². The third kappa shape index (κ3) is 3.06. The molecule has 2 N–H and O–H groups in total. The Kier molecular flexibility index (Phi) is 3.61. The Bertz CT molecular complexity index is 394.